The van der Waals surface area contributed by atoms with E-state index in [-0.39, 0.29) is 46.4 Å². The third-order valence-corrected chi connectivity index (χ3v) is 7.44. The molecule has 0 unspecified atom stereocenters. The highest BCUT2D eigenvalue weighted by Crippen LogP contribution is 2.38. The monoisotopic (exact) mass is 590 g/mol. The van der Waals surface area contributed by atoms with Crippen LogP contribution in [0.2, 0.25) is 0 Å². The van der Waals surface area contributed by atoms with E-state index in [0.717, 1.165) is 25.7 Å². The largest absolute Gasteiger partial charge is 0.339 e. The van der Waals surface area contributed by atoms with Crippen LogP contribution in [0.4, 0.5) is 37.8 Å². The van der Waals surface area contributed by atoms with Crippen molar-refractivity contribution in [2.45, 2.75) is 65.5 Å². The maximum atomic E-state index is 14.9. The normalized spacial score (nSPS) is 13.7. The van der Waals surface area contributed by atoms with Crippen LogP contribution in [0.25, 0.3) is 0 Å². The zero-order valence-corrected chi connectivity index (χ0v) is 25.5. The third-order valence-electron chi connectivity index (χ3n) is 7.44. The Kier molecular flexibility index (Phi) is 9.53. The van der Waals surface area contributed by atoms with Gasteiger partial charge in [-0.2, -0.15) is 0 Å². The molecule has 2 aliphatic rings. The van der Waals surface area contributed by atoms with E-state index < -0.39 is 17.3 Å². The molecular weight excluding hydrogens is 551 g/mol. The molecule has 0 bridgehead atoms. The molecule has 0 saturated heterocycles. The van der Waals surface area contributed by atoms with Gasteiger partial charge >= 0.3 is 6.03 Å². The molecule has 1 aromatic heterocycles. The van der Waals surface area contributed by atoms with Crippen LogP contribution in [0.1, 0.15) is 61.0 Å². The van der Waals surface area contributed by atoms with Crippen molar-refractivity contribution in [3.8, 4) is 0 Å². The predicted molar refractivity (Wildman–Crippen MR) is 167 cm³/mol. The number of nitrogens with zero attached hydrogens (tertiary/aromatic N) is 3. The maximum Gasteiger partial charge on any atom is 0.319 e. The molecule has 0 spiro atoms. The first-order valence-corrected chi connectivity index (χ1v) is 14.5. The fourth-order valence-corrected chi connectivity index (χ4v) is 4.78. The highest BCUT2D eigenvalue weighted by Gasteiger charge is 2.36. The van der Waals surface area contributed by atoms with Gasteiger partial charge in [-0.3, -0.25) is 23.9 Å². The molecule has 10 nitrogen and oxygen atoms in total. The van der Waals surface area contributed by atoms with Gasteiger partial charge < -0.3 is 20.9 Å². The summed E-state index contributed by atoms with van der Waals surface area (Å²) in [5, 5.41) is 8.57. The van der Waals surface area contributed by atoms with Crippen LogP contribution in [-0.4, -0.2) is 46.9 Å². The van der Waals surface area contributed by atoms with Gasteiger partial charge in [-0.15, -0.1) is 0 Å². The van der Waals surface area contributed by atoms with Crippen LogP contribution in [0.5, 0.6) is 0 Å². The summed E-state index contributed by atoms with van der Waals surface area (Å²) in [6.45, 7) is 7.30. The molecule has 2 saturated carbocycles. The molecule has 43 heavy (non-hydrogen) atoms. The molecule has 1 heterocycles. The molecule has 5 rings (SSSR count). The Hall–Kier alpha value is -4.67. The summed E-state index contributed by atoms with van der Waals surface area (Å²) in [5.74, 6) is -0.911. The van der Waals surface area contributed by atoms with E-state index in [4.69, 9.17) is 0 Å². The number of hydrogen-bond acceptors (Lipinski definition) is 5. The van der Waals surface area contributed by atoms with Gasteiger partial charge in [0.25, 0.3) is 11.5 Å². The lowest BCUT2D eigenvalue weighted by molar-refractivity contribution is -0.106. The van der Waals surface area contributed by atoms with Crippen LogP contribution < -0.4 is 26.4 Å². The summed E-state index contributed by atoms with van der Waals surface area (Å²) >= 11 is 0. The number of amides is 4. The van der Waals surface area contributed by atoms with Crippen LogP contribution in [0.15, 0.2) is 47.3 Å². The van der Waals surface area contributed by atoms with E-state index in [2.05, 4.69) is 16.0 Å². The molecule has 3 N–H and O–H groups in total. The second-order valence-corrected chi connectivity index (χ2v) is 10.7. The van der Waals surface area contributed by atoms with Crippen molar-refractivity contribution in [3.63, 3.8) is 0 Å². The van der Waals surface area contributed by atoms with Crippen LogP contribution in [0.3, 0.4) is 0 Å². The fraction of sp³-hybridized carbons (Fsp3) is 0.375. The Morgan fingerprint density at radius 1 is 1.05 bits per heavy atom. The minimum atomic E-state index is -0.552. The van der Waals surface area contributed by atoms with Gasteiger partial charge in [0.2, 0.25) is 6.41 Å². The van der Waals surface area contributed by atoms with Gasteiger partial charge in [0, 0.05) is 37.4 Å². The molecule has 4 amide bonds. The molecular formula is C32H39FN6O4. The van der Waals surface area contributed by atoms with Crippen LogP contribution in [0, 0.1) is 19.7 Å². The molecule has 2 aromatic carbocycles. The summed E-state index contributed by atoms with van der Waals surface area (Å²) in [7, 11) is 3.17. The first-order chi connectivity index (χ1) is 20.6. The van der Waals surface area contributed by atoms with Gasteiger partial charge in [0.15, 0.2) is 0 Å². The highest BCUT2D eigenvalue weighted by atomic mass is 19.1. The number of urea groups is 1. The lowest BCUT2D eigenvalue weighted by Crippen LogP contribution is -2.35. The number of anilines is 5. The summed E-state index contributed by atoms with van der Waals surface area (Å²) in [6, 6.07) is 11.0. The molecule has 0 aliphatic heterocycles. The average molecular weight is 591 g/mol. The minimum Gasteiger partial charge on any atom is -0.339 e. The Morgan fingerprint density at radius 2 is 1.74 bits per heavy atom. The van der Waals surface area contributed by atoms with E-state index in [1.807, 2.05) is 13.8 Å². The first kappa shape index (κ1) is 31.3. The number of carbonyl (C=O) groups is 3. The van der Waals surface area contributed by atoms with E-state index in [1.165, 1.54) is 28.6 Å². The predicted octanol–water partition coefficient (Wildman–Crippen LogP) is 5.72. The molecule has 3 aromatic rings. The Balaban J connectivity index is 0.00000207. The van der Waals surface area contributed by atoms with Gasteiger partial charge in [-0.25, -0.2) is 9.18 Å². The number of aryl methyl sites for hydroxylation is 1. The smallest absolute Gasteiger partial charge is 0.319 e. The number of pyridine rings is 1. The summed E-state index contributed by atoms with van der Waals surface area (Å²) in [6.07, 6.45) is 4.07. The van der Waals surface area contributed by atoms with E-state index in [9.17, 15) is 23.6 Å². The topological polar surface area (TPSA) is 116 Å². The molecule has 228 valence electrons. The number of aromatic nitrogens is 1. The molecule has 11 heteroatoms. The van der Waals surface area contributed by atoms with Crippen LogP contribution in [-0.2, 0) is 11.8 Å². The minimum absolute atomic E-state index is 0.0269. The first-order valence-electron chi connectivity index (χ1n) is 14.5. The summed E-state index contributed by atoms with van der Waals surface area (Å²) in [5.41, 5.74) is 1.37. The molecule has 2 fully saturated rings. The average Bonchev–Trinajstić information content (AvgIpc) is 3.92. The van der Waals surface area contributed by atoms with Crippen molar-refractivity contribution in [3.05, 3.63) is 75.3 Å². The van der Waals surface area contributed by atoms with E-state index in [1.54, 1.807) is 56.1 Å². The SMILES string of the molecule is CC.Cc1ccc(Nc2c(C(=O)N(C)C3CC3)c(N(C=O)c3cccc(NC(=O)NC4CC4)c3)c(C)c(=O)n2C)c(F)c1. The zero-order chi connectivity index (χ0) is 31.4. The maximum absolute atomic E-state index is 14.9. The Labute approximate surface area is 250 Å². The Morgan fingerprint density at radius 3 is 2.35 bits per heavy atom. The second kappa shape index (κ2) is 13.1. The number of nitrogens with one attached hydrogen (secondary N) is 3. The number of benzene rings is 2. The molecule has 0 radical (unpaired) electrons. The van der Waals surface area contributed by atoms with Crippen molar-refractivity contribution < 1.29 is 18.8 Å². The van der Waals surface area contributed by atoms with Crippen molar-refractivity contribution in [2.75, 3.05) is 22.6 Å². The third kappa shape index (κ3) is 6.87. The highest BCUT2D eigenvalue weighted by molar-refractivity contribution is 6.09. The van der Waals surface area contributed by atoms with Gasteiger partial charge in [0.05, 0.1) is 17.1 Å². The van der Waals surface area contributed by atoms with Gasteiger partial charge in [-0.1, -0.05) is 26.0 Å². The van der Waals surface area contributed by atoms with Crippen molar-refractivity contribution in [1.82, 2.24) is 14.8 Å². The molecule has 2 aliphatic carbocycles. The van der Waals surface area contributed by atoms with Gasteiger partial charge in [-0.05, 0) is 75.4 Å². The Bertz CT molecular complexity index is 1600. The number of halogens is 1. The van der Waals surface area contributed by atoms with Crippen molar-refractivity contribution in [2.24, 2.45) is 7.05 Å². The fourth-order valence-electron chi connectivity index (χ4n) is 4.78. The summed E-state index contributed by atoms with van der Waals surface area (Å²) < 4.78 is 16.2. The number of hydrogen-bond donors (Lipinski definition) is 3. The lowest BCUT2D eigenvalue weighted by Gasteiger charge is -2.28. The number of rotatable bonds is 9. The lowest BCUT2D eigenvalue weighted by atomic mass is 10.1. The van der Waals surface area contributed by atoms with E-state index >= 15 is 0 Å². The summed E-state index contributed by atoms with van der Waals surface area (Å²) in [4.78, 5) is 55.4. The van der Waals surface area contributed by atoms with Crippen molar-refractivity contribution in [1.29, 1.82) is 0 Å². The standard InChI is InChI=1S/C30H33FN6O4.C2H6/c1-17-8-13-24(23(31)14-17)34-27-25(29(40)35(3)21-11-12-21)26(18(2)28(39)36(27)4)37(16-38)22-7-5-6-20(15-22)33-30(41)32-19-9-10-19;1-2/h5-8,13-16,19,21,34H,9-12H2,1-4H3,(H2,32,33,41);1-2H3. The number of carbonyl (C=O) groups excluding carboxylic acids is 3. The quantitative estimate of drug-likeness (QED) is 0.276. The molecule has 0 atom stereocenters. The van der Waals surface area contributed by atoms with Crippen LogP contribution >= 0.6 is 0 Å². The van der Waals surface area contributed by atoms with Gasteiger partial charge in [0.1, 0.15) is 17.2 Å². The zero-order valence-electron chi connectivity index (χ0n) is 25.5. The van der Waals surface area contributed by atoms with E-state index in [0.29, 0.717) is 23.3 Å². The second-order valence-electron chi connectivity index (χ2n) is 10.7. The van der Waals surface area contributed by atoms with Crippen molar-refractivity contribution >= 4 is 46.9 Å².